The average molecular weight is 262 g/mol. The molecule has 19 heavy (non-hydrogen) atoms. The van der Waals surface area contributed by atoms with Crippen molar-refractivity contribution in [1.29, 1.82) is 0 Å². The van der Waals surface area contributed by atoms with Crippen LogP contribution in [0.2, 0.25) is 0 Å². The summed E-state index contributed by atoms with van der Waals surface area (Å²) in [6, 6.07) is 0. The van der Waals surface area contributed by atoms with Gasteiger partial charge in [0.15, 0.2) is 0 Å². The average Bonchev–Trinajstić information content (AvgIpc) is 2.69. The number of fused-ring (bicyclic) bond motifs is 2. The van der Waals surface area contributed by atoms with Crippen LogP contribution in [0.3, 0.4) is 0 Å². The van der Waals surface area contributed by atoms with Gasteiger partial charge in [0, 0.05) is 11.8 Å². The van der Waals surface area contributed by atoms with Crippen molar-refractivity contribution in [3.63, 3.8) is 0 Å². The van der Waals surface area contributed by atoms with Crippen LogP contribution in [0.15, 0.2) is 11.6 Å². The maximum Gasteiger partial charge on any atom is 0.312 e. The molecule has 2 aliphatic carbocycles. The fraction of sp³-hybridized carbons (Fsp3) is 0.812. The molecule has 0 aromatic carbocycles. The summed E-state index contributed by atoms with van der Waals surface area (Å²) in [7, 11) is 0. The minimum absolute atomic E-state index is 0.00124. The van der Waals surface area contributed by atoms with E-state index in [0.717, 1.165) is 19.3 Å². The highest BCUT2D eigenvalue weighted by Gasteiger charge is 2.76. The highest BCUT2D eigenvalue weighted by Crippen LogP contribution is 2.68. The van der Waals surface area contributed by atoms with Gasteiger partial charge in [0.25, 0.3) is 0 Å². The number of hydrogen-bond acceptors (Lipinski definition) is 3. The SMILES string of the molecule is CC1=CC[C@]23O[C@@]2(C)CC[C@@H]2[C@H](OC(=O)C2(C)C)[C@@H]13. The summed E-state index contributed by atoms with van der Waals surface area (Å²) in [6.07, 6.45) is 5.38. The van der Waals surface area contributed by atoms with Crippen molar-refractivity contribution in [2.45, 2.75) is 64.3 Å². The first-order chi connectivity index (χ1) is 8.82. The third-order valence-corrected chi connectivity index (χ3v) is 6.33. The van der Waals surface area contributed by atoms with Gasteiger partial charge in [-0.15, -0.1) is 0 Å². The van der Waals surface area contributed by atoms with Crippen LogP contribution < -0.4 is 0 Å². The lowest BCUT2D eigenvalue weighted by Gasteiger charge is -2.29. The molecule has 2 saturated heterocycles. The third-order valence-electron chi connectivity index (χ3n) is 6.33. The normalized spacial score (nSPS) is 53.6. The second kappa shape index (κ2) is 3.08. The molecule has 3 nitrogen and oxygen atoms in total. The molecule has 1 saturated carbocycles. The summed E-state index contributed by atoms with van der Waals surface area (Å²) in [4.78, 5) is 12.2. The van der Waals surface area contributed by atoms with Gasteiger partial charge < -0.3 is 9.47 Å². The number of epoxide rings is 1. The Morgan fingerprint density at radius 1 is 1.32 bits per heavy atom. The maximum atomic E-state index is 12.2. The van der Waals surface area contributed by atoms with Crippen LogP contribution >= 0.6 is 0 Å². The molecule has 0 aromatic heterocycles. The van der Waals surface area contributed by atoms with Gasteiger partial charge in [-0.3, -0.25) is 4.79 Å². The largest absolute Gasteiger partial charge is 0.461 e. The summed E-state index contributed by atoms with van der Waals surface area (Å²) < 4.78 is 12.0. The van der Waals surface area contributed by atoms with Crippen LogP contribution in [-0.4, -0.2) is 23.3 Å². The van der Waals surface area contributed by atoms with Crippen LogP contribution in [-0.2, 0) is 14.3 Å². The molecule has 4 rings (SSSR count). The molecule has 3 fully saturated rings. The van der Waals surface area contributed by atoms with E-state index in [1.165, 1.54) is 5.57 Å². The van der Waals surface area contributed by atoms with E-state index in [-0.39, 0.29) is 34.6 Å². The molecule has 104 valence electrons. The van der Waals surface area contributed by atoms with E-state index < -0.39 is 0 Å². The molecule has 0 bridgehead atoms. The molecule has 2 aliphatic heterocycles. The standard InChI is InChI=1S/C16H22O3/c1-9-5-8-16-11(9)12-10(6-7-15(16,4)19-16)14(2,3)13(17)18-12/h5,10-12H,6-8H2,1-4H3/t10-,11-,12+,15+,16-/m1/s1. The molecule has 0 unspecified atom stereocenters. The van der Waals surface area contributed by atoms with Gasteiger partial charge in [0.2, 0.25) is 0 Å². The Hall–Kier alpha value is -0.830. The summed E-state index contributed by atoms with van der Waals surface area (Å²) in [6.45, 7) is 8.49. The molecule has 0 radical (unpaired) electrons. The van der Waals surface area contributed by atoms with Crippen molar-refractivity contribution < 1.29 is 14.3 Å². The Kier molecular flexibility index (Phi) is 1.94. The first kappa shape index (κ1) is 12.0. The predicted octanol–water partition coefficient (Wildman–Crippen LogP) is 2.84. The second-order valence-electron chi connectivity index (χ2n) is 7.59. The van der Waals surface area contributed by atoms with Crippen LogP contribution in [0.25, 0.3) is 0 Å². The Balaban J connectivity index is 1.80. The number of hydrogen-bond donors (Lipinski definition) is 0. The second-order valence-corrected chi connectivity index (χ2v) is 7.59. The van der Waals surface area contributed by atoms with Crippen LogP contribution in [0, 0.1) is 17.3 Å². The fourth-order valence-corrected chi connectivity index (χ4v) is 4.92. The summed E-state index contributed by atoms with van der Waals surface area (Å²) in [5.41, 5.74) is 0.934. The van der Waals surface area contributed by atoms with Crippen LogP contribution in [0.1, 0.15) is 47.0 Å². The van der Waals surface area contributed by atoms with Gasteiger partial charge in [-0.25, -0.2) is 0 Å². The van der Waals surface area contributed by atoms with Gasteiger partial charge >= 0.3 is 5.97 Å². The lowest BCUT2D eigenvalue weighted by molar-refractivity contribution is -0.149. The number of esters is 1. The third kappa shape index (κ3) is 1.17. The van der Waals surface area contributed by atoms with Crippen LogP contribution in [0.4, 0.5) is 0 Å². The van der Waals surface area contributed by atoms with E-state index in [1.54, 1.807) is 0 Å². The van der Waals surface area contributed by atoms with E-state index in [9.17, 15) is 4.79 Å². The van der Waals surface area contributed by atoms with Crippen LogP contribution in [0.5, 0.6) is 0 Å². The molecule has 0 amide bonds. The molecule has 0 N–H and O–H groups in total. The summed E-state index contributed by atoms with van der Waals surface area (Å²) in [5, 5.41) is 0. The molecular weight excluding hydrogens is 240 g/mol. The van der Waals surface area contributed by atoms with E-state index in [2.05, 4.69) is 19.9 Å². The maximum absolute atomic E-state index is 12.2. The fourth-order valence-electron chi connectivity index (χ4n) is 4.92. The van der Waals surface area contributed by atoms with Crippen molar-refractivity contribution in [2.24, 2.45) is 17.3 Å². The van der Waals surface area contributed by atoms with Crippen molar-refractivity contribution in [1.82, 2.24) is 0 Å². The van der Waals surface area contributed by atoms with E-state index in [4.69, 9.17) is 9.47 Å². The molecular formula is C16H22O3. The smallest absolute Gasteiger partial charge is 0.312 e. The zero-order chi connectivity index (χ0) is 13.6. The molecule has 2 heterocycles. The van der Waals surface area contributed by atoms with Gasteiger partial charge in [-0.1, -0.05) is 11.6 Å². The number of carbonyl (C=O) groups is 1. The Bertz CT molecular complexity index is 506. The minimum atomic E-state index is -0.345. The van der Waals surface area contributed by atoms with E-state index >= 15 is 0 Å². The van der Waals surface area contributed by atoms with Gasteiger partial charge in [-0.2, -0.15) is 0 Å². The monoisotopic (exact) mass is 262 g/mol. The number of rotatable bonds is 0. The predicted molar refractivity (Wildman–Crippen MR) is 70.5 cm³/mol. The Labute approximate surface area is 114 Å². The highest BCUT2D eigenvalue weighted by atomic mass is 16.6. The first-order valence-electron chi connectivity index (χ1n) is 7.40. The van der Waals surface area contributed by atoms with Gasteiger partial charge in [0.1, 0.15) is 11.7 Å². The lowest BCUT2D eigenvalue weighted by atomic mass is 9.72. The summed E-state index contributed by atoms with van der Waals surface area (Å²) >= 11 is 0. The van der Waals surface area contributed by atoms with Gasteiger partial charge in [-0.05, 0) is 47.0 Å². The first-order valence-corrected chi connectivity index (χ1v) is 7.40. The highest BCUT2D eigenvalue weighted by molar-refractivity contribution is 5.79. The van der Waals surface area contributed by atoms with E-state index in [0.29, 0.717) is 5.92 Å². The Morgan fingerprint density at radius 3 is 2.79 bits per heavy atom. The quantitative estimate of drug-likeness (QED) is 0.383. The number of ether oxygens (including phenoxy) is 2. The molecule has 1 spiro atoms. The van der Waals surface area contributed by atoms with Gasteiger partial charge in [0.05, 0.1) is 11.0 Å². The zero-order valence-electron chi connectivity index (χ0n) is 12.2. The minimum Gasteiger partial charge on any atom is -0.461 e. The molecule has 3 heteroatoms. The van der Waals surface area contributed by atoms with Crippen molar-refractivity contribution in [3.8, 4) is 0 Å². The van der Waals surface area contributed by atoms with Crippen molar-refractivity contribution >= 4 is 5.97 Å². The lowest BCUT2D eigenvalue weighted by Crippen LogP contribution is -2.38. The molecule has 5 atom stereocenters. The molecule has 4 aliphatic rings. The van der Waals surface area contributed by atoms with Crippen molar-refractivity contribution in [3.05, 3.63) is 11.6 Å². The summed E-state index contributed by atoms with van der Waals surface area (Å²) in [5.74, 6) is 0.578. The topological polar surface area (TPSA) is 38.8 Å². The van der Waals surface area contributed by atoms with Crippen molar-refractivity contribution in [2.75, 3.05) is 0 Å². The van der Waals surface area contributed by atoms with E-state index in [1.807, 2.05) is 13.8 Å². The number of carbonyl (C=O) groups excluding carboxylic acids is 1. The Morgan fingerprint density at radius 2 is 2.05 bits per heavy atom. The zero-order valence-corrected chi connectivity index (χ0v) is 12.2. The molecule has 0 aromatic rings.